The minimum Gasteiger partial charge on any atom is -0.375 e. The highest BCUT2D eigenvalue weighted by atomic mass is 16.2. The zero-order valence-corrected chi connectivity index (χ0v) is 15.9. The van der Waals surface area contributed by atoms with Gasteiger partial charge in [0, 0.05) is 49.8 Å². The molecule has 1 aliphatic rings. The lowest BCUT2D eigenvalue weighted by Crippen LogP contribution is -2.42. The average Bonchev–Trinajstić information content (AvgIpc) is 3.21. The third-order valence-corrected chi connectivity index (χ3v) is 5.44. The first-order chi connectivity index (χ1) is 13.2. The molecule has 0 bridgehead atoms. The van der Waals surface area contributed by atoms with Gasteiger partial charge in [0.05, 0.1) is 6.04 Å². The SMILES string of the molecule is CCN(C)c1ccc(C(=O)N2CCn3cccc3C2c2ccccc2)cc1. The number of hydrogen-bond donors (Lipinski definition) is 0. The Morgan fingerprint density at radius 2 is 1.74 bits per heavy atom. The number of hydrogen-bond acceptors (Lipinski definition) is 2. The van der Waals surface area contributed by atoms with Crippen LogP contribution in [0, 0.1) is 0 Å². The monoisotopic (exact) mass is 359 g/mol. The van der Waals surface area contributed by atoms with Crippen LogP contribution in [-0.2, 0) is 6.54 Å². The molecule has 4 heteroatoms. The highest BCUT2D eigenvalue weighted by Gasteiger charge is 2.32. The van der Waals surface area contributed by atoms with Gasteiger partial charge in [-0.05, 0) is 48.9 Å². The largest absolute Gasteiger partial charge is 0.375 e. The minimum absolute atomic E-state index is 0.0551. The van der Waals surface area contributed by atoms with Crippen LogP contribution in [0.1, 0.15) is 34.6 Å². The van der Waals surface area contributed by atoms with Crippen molar-refractivity contribution in [3.63, 3.8) is 0 Å². The first-order valence-corrected chi connectivity index (χ1v) is 9.51. The van der Waals surface area contributed by atoms with Crippen molar-refractivity contribution in [2.75, 3.05) is 25.0 Å². The van der Waals surface area contributed by atoms with Crippen molar-refractivity contribution < 1.29 is 4.79 Å². The van der Waals surface area contributed by atoms with Crippen molar-refractivity contribution in [3.8, 4) is 0 Å². The number of carbonyl (C=O) groups is 1. The number of nitrogens with zero attached hydrogens (tertiary/aromatic N) is 3. The summed E-state index contributed by atoms with van der Waals surface area (Å²) in [7, 11) is 2.06. The second-order valence-corrected chi connectivity index (χ2v) is 7.00. The van der Waals surface area contributed by atoms with Crippen LogP contribution in [0.15, 0.2) is 72.9 Å². The topological polar surface area (TPSA) is 28.5 Å². The molecule has 4 nitrogen and oxygen atoms in total. The molecule has 0 radical (unpaired) electrons. The van der Waals surface area contributed by atoms with Crippen LogP contribution in [0.3, 0.4) is 0 Å². The zero-order chi connectivity index (χ0) is 18.8. The Morgan fingerprint density at radius 3 is 2.44 bits per heavy atom. The van der Waals surface area contributed by atoms with Gasteiger partial charge in [-0.2, -0.15) is 0 Å². The molecular weight excluding hydrogens is 334 g/mol. The third-order valence-electron chi connectivity index (χ3n) is 5.44. The second kappa shape index (κ2) is 7.31. The van der Waals surface area contributed by atoms with E-state index in [9.17, 15) is 4.79 Å². The number of rotatable bonds is 4. The van der Waals surface area contributed by atoms with Crippen LogP contribution < -0.4 is 4.90 Å². The van der Waals surface area contributed by atoms with E-state index in [-0.39, 0.29) is 11.9 Å². The molecule has 27 heavy (non-hydrogen) atoms. The Hall–Kier alpha value is -3.01. The van der Waals surface area contributed by atoms with Crippen molar-refractivity contribution in [3.05, 3.63) is 89.7 Å². The highest BCUT2D eigenvalue weighted by Crippen LogP contribution is 2.33. The summed E-state index contributed by atoms with van der Waals surface area (Å²) in [6.07, 6.45) is 2.10. The fraction of sp³-hybridized carbons (Fsp3) is 0.261. The molecule has 1 unspecified atom stereocenters. The molecule has 0 saturated carbocycles. The molecule has 4 rings (SSSR count). The normalized spacial score (nSPS) is 16.1. The molecule has 2 heterocycles. The van der Waals surface area contributed by atoms with Crippen LogP contribution in [0.5, 0.6) is 0 Å². The third kappa shape index (κ3) is 3.23. The van der Waals surface area contributed by atoms with Gasteiger partial charge in [0.25, 0.3) is 5.91 Å². The van der Waals surface area contributed by atoms with E-state index in [1.165, 1.54) is 5.69 Å². The zero-order valence-electron chi connectivity index (χ0n) is 15.9. The van der Waals surface area contributed by atoms with E-state index in [1.54, 1.807) is 0 Å². The number of aromatic nitrogens is 1. The van der Waals surface area contributed by atoms with Gasteiger partial charge in [0.15, 0.2) is 0 Å². The van der Waals surface area contributed by atoms with Crippen molar-refractivity contribution in [1.82, 2.24) is 9.47 Å². The fourth-order valence-corrected chi connectivity index (χ4v) is 3.80. The summed E-state index contributed by atoms with van der Waals surface area (Å²) in [5.74, 6) is 0.0852. The molecule has 0 saturated heterocycles. The predicted molar refractivity (Wildman–Crippen MR) is 109 cm³/mol. The van der Waals surface area contributed by atoms with Crippen molar-refractivity contribution in [2.24, 2.45) is 0 Å². The molecule has 1 atom stereocenters. The Kier molecular flexibility index (Phi) is 4.71. The lowest BCUT2D eigenvalue weighted by molar-refractivity contribution is 0.0664. The maximum absolute atomic E-state index is 13.4. The summed E-state index contributed by atoms with van der Waals surface area (Å²) in [6.45, 7) is 4.59. The van der Waals surface area contributed by atoms with E-state index in [2.05, 4.69) is 53.9 Å². The minimum atomic E-state index is -0.0551. The summed E-state index contributed by atoms with van der Waals surface area (Å²) in [4.78, 5) is 17.5. The average molecular weight is 359 g/mol. The van der Waals surface area contributed by atoms with Crippen LogP contribution in [-0.4, -0.2) is 35.5 Å². The van der Waals surface area contributed by atoms with E-state index in [0.717, 1.165) is 29.9 Å². The van der Waals surface area contributed by atoms with Gasteiger partial charge >= 0.3 is 0 Å². The van der Waals surface area contributed by atoms with E-state index >= 15 is 0 Å². The van der Waals surface area contributed by atoms with E-state index in [1.807, 2.05) is 47.4 Å². The molecule has 0 fully saturated rings. The summed E-state index contributed by atoms with van der Waals surface area (Å²) >= 11 is 0. The summed E-state index contributed by atoms with van der Waals surface area (Å²) in [6, 6.07) is 22.4. The molecular formula is C23H25N3O. The molecule has 1 aliphatic heterocycles. The summed E-state index contributed by atoms with van der Waals surface area (Å²) in [5.41, 5.74) is 4.18. The van der Waals surface area contributed by atoms with E-state index < -0.39 is 0 Å². The maximum Gasteiger partial charge on any atom is 0.254 e. The van der Waals surface area contributed by atoms with Crippen molar-refractivity contribution in [1.29, 1.82) is 0 Å². The molecule has 0 spiro atoms. The molecule has 1 amide bonds. The van der Waals surface area contributed by atoms with Gasteiger partial charge in [0.1, 0.15) is 0 Å². The molecule has 3 aromatic rings. The molecule has 1 aromatic heterocycles. The Labute approximate surface area is 160 Å². The Morgan fingerprint density at radius 1 is 1.00 bits per heavy atom. The van der Waals surface area contributed by atoms with Gasteiger partial charge in [-0.3, -0.25) is 4.79 Å². The van der Waals surface area contributed by atoms with Crippen LogP contribution in [0.2, 0.25) is 0 Å². The second-order valence-electron chi connectivity index (χ2n) is 7.00. The Bertz CT molecular complexity index is 914. The van der Waals surface area contributed by atoms with Gasteiger partial charge in [-0.1, -0.05) is 30.3 Å². The van der Waals surface area contributed by atoms with Gasteiger partial charge < -0.3 is 14.4 Å². The molecule has 2 aromatic carbocycles. The van der Waals surface area contributed by atoms with Crippen LogP contribution in [0.4, 0.5) is 5.69 Å². The smallest absolute Gasteiger partial charge is 0.254 e. The van der Waals surface area contributed by atoms with Crippen LogP contribution >= 0.6 is 0 Å². The van der Waals surface area contributed by atoms with Gasteiger partial charge in [-0.25, -0.2) is 0 Å². The number of benzene rings is 2. The van der Waals surface area contributed by atoms with Crippen molar-refractivity contribution >= 4 is 11.6 Å². The number of anilines is 1. The lowest BCUT2D eigenvalue weighted by Gasteiger charge is -2.37. The summed E-state index contributed by atoms with van der Waals surface area (Å²) < 4.78 is 2.25. The Balaban J connectivity index is 1.68. The molecule has 138 valence electrons. The van der Waals surface area contributed by atoms with Crippen molar-refractivity contribution in [2.45, 2.75) is 19.5 Å². The quantitative estimate of drug-likeness (QED) is 0.699. The fourth-order valence-electron chi connectivity index (χ4n) is 3.80. The first-order valence-electron chi connectivity index (χ1n) is 9.51. The summed E-state index contributed by atoms with van der Waals surface area (Å²) in [5, 5.41) is 0. The number of carbonyl (C=O) groups excluding carboxylic acids is 1. The molecule has 0 aliphatic carbocycles. The van der Waals surface area contributed by atoms with Gasteiger partial charge in [-0.15, -0.1) is 0 Å². The first kappa shape index (κ1) is 17.4. The number of fused-ring (bicyclic) bond motifs is 1. The van der Waals surface area contributed by atoms with Crippen LogP contribution in [0.25, 0.3) is 0 Å². The van der Waals surface area contributed by atoms with E-state index in [0.29, 0.717) is 6.54 Å². The lowest BCUT2D eigenvalue weighted by atomic mass is 9.99. The predicted octanol–water partition coefficient (Wildman–Crippen LogP) is 4.19. The molecule has 0 N–H and O–H groups in total. The maximum atomic E-state index is 13.4. The number of amides is 1. The highest BCUT2D eigenvalue weighted by molar-refractivity contribution is 5.95. The standard InChI is InChI=1S/C23H25N3O/c1-3-24(2)20-13-11-19(12-14-20)23(27)26-17-16-25-15-7-10-21(25)22(26)18-8-5-4-6-9-18/h4-15,22H,3,16-17H2,1-2H3. The van der Waals surface area contributed by atoms with Gasteiger partial charge in [0.2, 0.25) is 0 Å². The van der Waals surface area contributed by atoms with E-state index in [4.69, 9.17) is 0 Å².